The van der Waals surface area contributed by atoms with Gasteiger partial charge in [-0.1, -0.05) is 52.7 Å². The highest BCUT2D eigenvalue weighted by Gasteiger charge is 2.11. The maximum Gasteiger partial charge on any atom is 0.282 e. The van der Waals surface area contributed by atoms with Gasteiger partial charge in [-0.2, -0.15) is 9.78 Å². The van der Waals surface area contributed by atoms with Crippen LogP contribution in [0, 0.1) is 5.82 Å². The molecule has 0 saturated carbocycles. The molecule has 1 aromatic heterocycles. The summed E-state index contributed by atoms with van der Waals surface area (Å²) in [5.41, 5.74) is 1.52. The third-order valence-electron chi connectivity index (χ3n) is 4.97. The molecular formula is C25H20BrClFN3O2. The first-order chi connectivity index (χ1) is 16.0. The maximum atomic E-state index is 13.8. The van der Waals surface area contributed by atoms with Crippen molar-refractivity contribution < 1.29 is 9.13 Å². The second kappa shape index (κ2) is 10.3. The van der Waals surface area contributed by atoms with Gasteiger partial charge in [-0.3, -0.25) is 4.79 Å². The van der Waals surface area contributed by atoms with Crippen LogP contribution in [0.2, 0.25) is 5.02 Å². The monoisotopic (exact) mass is 527 g/mol. The minimum absolute atomic E-state index is 0.0634. The summed E-state index contributed by atoms with van der Waals surface area (Å²) < 4.78 is 21.6. The molecule has 0 aliphatic rings. The average Bonchev–Trinajstić information content (AvgIpc) is 2.80. The molecule has 3 aromatic carbocycles. The predicted octanol–water partition coefficient (Wildman–Crippen LogP) is 6.37. The summed E-state index contributed by atoms with van der Waals surface area (Å²) in [7, 11) is 0. The molecule has 168 valence electrons. The van der Waals surface area contributed by atoms with Gasteiger partial charge in [0.15, 0.2) is 0 Å². The van der Waals surface area contributed by atoms with E-state index in [0.717, 1.165) is 10.9 Å². The summed E-state index contributed by atoms with van der Waals surface area (Å²) >= 11 is 9.76. The van der Waals surface area contributed by atoms with Gasteiger partial charge in [0.2, 0.25) is 0 Å². The molecule has 0 unspecified atom stereocenters. The Morgan fingerprint density at radius 3 is 2.76 bits per heavy atom. The number of benzene rings is 3. The van der Waals surface area contributed by atoms with E-state index in [2.05, 4.69) is 26.0 Å². The largest absolute Gasteiger partial charge is 0.487 e. The number of fused-ring (bicyclic) bond motifs is 1. The zero-order chi connectivity index (χ0) is 23.4. The number of halogens is 3. The molecule has 4 aromatic rings. The summed E-state index contributed by atoms with van der Waals surface area (Å²) in [6.07, 6.45) is 2.99. The number of rotatable bonds is 7. The predicted molar refractivity (Wildman–Crippen MR) is 133 cm³/mol. The van der Waals surface area contributed by atoms with Gasteiger partial charge in [0.25, 0.3) is 5.56 Å². The van der Waals surface area contributed by atoms with Crippen LogP contribution in [0.3, 0.4) is 0 Å². The van der Waals surface area contributed by atoms with Crippen LogP contribution < -0.4 is 10.3 Å². The number of hydrogen-bond donors (Lipinski definition) is 0. The van der Waals surface area contributed by atoms with Gasteiger partial charge in [-0.05, 0) is 54.4 Å². The SMILES string of the molecule is CCCc1nc2ccc(Br)cc2c(=O)n1N=Cc1ccc(OCc2ccccc2F)c(Cl)c1. The fourth-order valence-electron chi connectivity index (χ4n) is 3.31. The Morgan fingerprint density at radius 1 is 1.18 bits per heavy atom. The van der Waals surface area contributed by atoms with Crippen molar-refractivity contribution in [2.24, 2.45) is 5.10 Å². The molecule has 0 N–H and O–H groups in total. The Labute approximate surface area is 203 Å². The first-order valence-corrected chi connectivity index (χ1v) is 11.5. The second-order valence-electron chi connectivity index (χ2n) is 7.37. The molecule has 0 atom stereocenters. The molecule has 1 heterocycles. The molecule has 0 bridgehead atoms. The molecule has 0 radical (unpaired) electrons. The van der Waals surface area contributed by atoms with Gasteiger partial charge in [-0.25, -0.2) is 9.37 Å². The quantitative estimate of drug-likeness (QED) is 0.262. The first kappa shape index (κ1) is 23.1. The lowest BCUT2D eigenvalue weighted by atomic mass is 10.2. The third kappa shape index (κ3) is 5.31. The molecule has 5 nitrogen and oxygen atoms in total. The lowest BCUT2D eigenvalue weighted by Crippen LogP contribution is -2.22. The van der Waals surface area contributed by atoms with E-state index in [1.807, 2.05) is 19.1 Å². The first-order valence-electron chi connectivity index (χ1n) is 10.4. The number of nitrogens with zero attached hydrogens (tertiary/aromatic N) is 3. The van der Waals surface area contributed by atoms with E-state index in [1.165, 1.54) is 10.7 Å². The van der Waals surface area contributed by atoms with Crippen LogP contribution in [0.15, 0.2) is 75.0 Å². The molecule has 0 amide bonds. The lowest BCUT2D eigenvalue weighted by Gasteiger charge is -2.10. The standard InChI is InChI=1S/C25H20BrClFN3O2/c1-2-5-24-30-22-10-9-18(26)13-19(22)25(32)31(24)29-14-16-8-11-23(20(27)12-16)33-15-17-6-3-4-7-21(17)28/h3-4,6-14H,2,5,15H2,1H3. The van der Waals surface area contributed by atoms with Gasteiger partial charge in [0.05, 0.1) is 22.1 Å². The van der Waals surface area contributed by atoms with E-state index in [9.17, 15) is 9.18 Å². The molecule has 0 fully saturated rings. The Balaban J connectivity index is 1.60. The molecule has 0 spiro atoms. The van der Waals surface area contributed by atoms with Crippen LogP contribution in [-0.2, 0) is 13.0 Å². The van der Waals surface area contributed by atoms with Gasteiger partial charge in [0, 0.05) is 16.5 Å². The van der Waals surface area contributed by atoms with Gasteiger partial charge in [0.1, 0.15) is 24.0 Å². The summed E-state index contributed by atoms with van der Waals surface area (Å²) in [6, 6.07) is 17.0. The van der Waals surface area contributed by atoms with Crippen molar-refractivity contribution in [3.8, 4) is 5.75 Å². The number of aryl methyl sites for hydroxylation is 1. The molecule has 4 rings (SSSR count). The molecule has 8 heteroatoms. The highest BCUT2D eigenvalue weighted by atomic mass is 79.9. The molecule has 0 saturated heterocycles. The number of ether oxygens (including phenoxy) is 1. The van der Waals surface area contributed by atoms with Crippen molar-refractivity contribution in [3.05, 3.63) is 103 Å². The second-order valence-corrected chi connectivity index (χ2v) is 8.69. The van der Waals surface area contributed by atoms with Crippen LogP contribution in [0.1, 0.15) is 30.3 Å². The Bertz CT molecular complexity index is 1400. The lowest BCUT2D eigenvalue weighted by molar-refractivity contribution is 0.300. The Morgan fingerprint density at radius 2 is 2.00 bits per heavy atom. The molecular weight excluding hydrogens is 509 g/mol. The fourth-order valence-corrected chi connectivity index (χ4v) is 3.91. The van der Waals surface area contributed by atoms with Crippen molar-refractivity contribution in [3.63, 3.8) is 0 Å². The van der Waals surface area contributed by atoms with Gasteiger partial charge in [-0.15, -0.1) is 0 Å². The van der Waals surface area contributed by atoms with E-state index in [1.54, 1.807) is 48.7 Å². The smallest absolute Gasteiger partial charge is 0.282 e. The Kier molecular flexibility index (Phi) is 7.20. The van der Waals surface area contributed by atoms with Crippen molar-refractivity contribution in [2.75, 3.05) is 0 Å². The topological polar surface area (TPSA) is 56.5 Å². The summed E-state index contributed by atoms with van der Waals surface area (Å²) in [5, 5.41) is 5.24. The third-order valence-corrected chi connectivity index (χ3v) is 5.76. The summed E-state index contributed by atoms with van der Waals surface area (Å²) in [5.74, 6) is 0.685. The highest BCUT2D eigenvalue weighted by Crippen LogP contribution is 2.26. The normalized spacial score (nSPS) is 11.4. The minimum Gasteiger partial charge on any atom is -0.487 e. The van der Waals surface area contributed by atoms with E-state index in [0.29, 0.717) is 45.0 Å². The van der Waals surface area contributed by atoms with Crippen LogP contribution in [-0.4, -0.2) is 15.9 Å². The minimum atomic E-state index is -0.332. The van der Waals surface area contributed by atoms with Gasteiger partial charge < -0.3 is 4.74 Å². The molecule has 0 aliphatic carbocycles. The van der Waals surface area contributed by atoms with Crippen LogP contribution in [0.4, 0.5) is 4.39 Å². The summed E-state index contributed by atoms with van der Waals surface area (Å²) in [4.78, 5) is 17.7. The zero-order valence-electron chi connectivity index (χ0n) is 17.8. The van der Waals surface area contributed by atoms with Crippen LogP contribution in [0.25, 0.3) is 10.9 Å². The zero-order valence-corrected chi connectivity index (χ0v) is 20.1. The highest BCUT2D eigenvalue weighted by molar-refractivity contribution is 9.10. The van der Waals surface area contributed by atoms with E-state index < -0.39 is 0 Å². The van der Waals surface area contributed by atoms with E-state index >= 15 is 0 Å². The van der Waals surface area contributed by atoms with Crippen molar-refractivity contribution in [2.45, 2.75) is 26.4 Å². The van der Waals surface area contributed by atoms with E-state index in [-0.39, 0.29) is 18.0 Å². The summed E-state index contributed by atoms with van der Waals surface area (Å²) in [6.45, 7) is 2.08. The van der Waals surface area contributed by atoms with Gasteiger partial charge >= 0.3 is 0 Å². The maximum absolute atomic E-state index is 13.8. The van der Waals surface area contributed by atoms with Crippen molar-refractivity contribution in [1.29, 1.82) is 0 Å². The average molecular weight is 529 g/mol. The molecule has 0 aliphatic heterocycles. The fraction of sp³-hybridized carbons (Fsp3) is 0.160. The Hall–Kier alpha value is -3.03. The van der Waals surface area contributed by atoms with Crippen LogP contribution in [0.5, 0.6) is 5.75 Å². The van der Waals surface area contributed by atoms with Crippen molar-refractivity contribution in [1.82, 2.24) is 9.66 Å². The van der Waals surface area contributed by atoms with Crippen LogP contribution >= 0.6 is 27.5 Å². The van der Waals surface area contributed by atoms with E-state index in [4.69, 9.17) is 16.3 Å². The number of aromatic nitrogens is 2. The van der Waals surface area contributed by atoms with Crippen molar-refractivity contribution >= 4 is 44.6 Å². The number of hydrogen-bond acceptors (Lipinski definition) is 4. The molecule has 33 heavy (non-hydrogen) atoms.